The van der Waals surface area contributed by atoms with E-state index in [0.29, 0.717) is 28.6 Å². The van der Waals surface area contributed by atoms with Crippen LogP contribution in [0.15, 0.2) is 44.6 Å². The molecule has 25 heavy (non-hydrogen) atoms. The minimum atomic E-state index is -0.139. The van der Waals surface area contributed by atoms with Crippen LogP contribution in [0.5, 0.6) is 0 Å². The molecule has 3 heterocycles. The highest BCUT2D eigenvalue weighted by molar-refractivity contribution is 7.98. The molecule has 0 aliphatic rings. The van der Waals surface area contributed by atoms with Crippen LogP contribution in [0.4, 0.5) is 0 Å². The number of hydrogen-bond donors (Lipinski definition) is 1. The summed E-state index contributed by atoms with van der Waals surface area (Å²) in [5.41, 5.74) is 1.78. The van der Waals surface area contributed by atoms with E-state index in [2.05, 4.69) is 25.3 Å². The molecule has 0 atom stereocenters. The van der Waals surface area contributed by atoms with E-state index >= 15 is 0 Å². The van der Waals surface area contributed by atoms with Crippen molar-refractivity contribution in [2.24, 2.45) is 0 Å². The number of rotatable bonds is 4. The van der Waals surface area contributed by atoms with Crippen LogP contribution in [0, 0.1) is 0 Å². The van der Waals surface area contributed by atoms with Crippen molar-refractivity contribution in [3.63, 3.8) is 0 Å². The quantitative estimate of drug-likeness (QED) is 0.548. The van der Waals surface area contributed by atoms with Crippen molar-refractivity contribution in [1.29, 1.82) is 0 Å². The number of aromatic amines is 1. The number of thioether (sulfide) groups is 1. The third-order valence-corrected chi connectivity index (χ3v) is 4.49. The van der Waals surface area contributed by atoms with E-state index in [4.69, 9.17) is 8.94 Å². The summed E-state index contributed by atoms with van der Waals surface area (Å²) in [6.45, 7) is 6.13. The topological polar surface area (TPSA) is 93.6 Å². The zero-order valence-electron chi connectivity index (χ0n) is 14.1. The highest BCUT2D eigenvalue weighted by Crippen LogP contribution is 2.30. The number of nitrogens with zero attached hydrogens (tertiary/aromatic N) is 4. The summed E-state index contributed by atoms with van der Waals surface area (Å²) < 4.78 is 11.0. The monoisotopic (exact) mass is 355 g/mol. The van der Waals surface area contributed by atoms with Crippen LogP contribution in [0.2, 0.25) is 0 Å². The summed E-state index contributed by atoms with van der Waals surface area (Å²) in [7, 11) is 0. The fourth-order valence-electron chi connectivity index (χ4n) is 2.37. The molecule has 8 heteroatoms. The van der Waals surface area contributed by atoms with Gasteiger partial charge in [-0.15, -0.1) is 10.2 Å². The Kier molecular flexibility index (Phi) is 3.84. The maximum atomic E-state index is 5.76. The fourth-order valence-corrected chi connectivity index (χ4v) is 2.97. The predicted octanol–water partition coefficient (Wildman–Crippen LogP) is 4.19. The summed E-state index contributed by atoms with van der Waals surface area (Å²) in [5, 5.41) is 13.8. The molecule has 0 amide bonds. The molecule has 0 radical (unpaired) electrons. The van der Waals surface area contributed by atoms with Gasteiger partial charge in [0.15, 0.2) is 5.82 Å². The van der Waals surface area contributed by atoms with Gasteiger partial charge in [0.25, 0.3) is 11.1 Å². The molecule has 3 aromatic heterocycles. The number of hydrogen-bond acceptors (Lipinski definition) is 7. The molecule has 0 spiro atoms. The molecular weight excluding hydrogens is 338 g/mol. The van der Waals surface area contributed by atoms with Crippen molar-refractivity contribution in [1.82, 2.24) is 25.3 Å². The highest BCUT2D eigenvalue weighted by atomic mass is 32.2. The van der Waals surface area contributed by atoms with E-state index in [-0.39, 0.29) is 5.41 Å². The van der Waals surface area contributed by atoms with E-state index < -0.39 is 0 Å². The molecule has 0 saturated carbocycles. The maximum absolute atomic E-state index is 5.76. The number of para-hydroxylation sites is 1. The summed E-state index contributed by atoms with van der Waals surface area (Å²) in [5.74, 6) is 2.20. The molecule has 7 nitrogen and oxygen atoms in total. The van der Waals surface area contributed by atoms with Gasteiger partial charge in [0.1, 0.15) is 0 Å². The highest BCUT2D eigenvalue weighted by Gasteiger charge is 2.21. The van der Waals surface area contributed by atoms with Crippen LogP contribution in [0.1, 0.15) is 32.5 Å². The lowest BCUT2D eigenvalue weighted by molar-refractivity contribution is 0.372. The first-order chi connectivity index (χ1) is 12.0. The van der Waals surface area contributed by atoms with Gasteiger partial charge in [-0.25, -0.2) is 0 Å². The number of fused-ring (bicyclic) bond motifs is 1. The van der Waals surface area contributed by atoms with Gasteiger partial charge in [-0.05, 0) is 6.07 Å². The Hall–Kier alpha value is -2.61. The summed E-state index contributed by atoms with van der Waals surface area (Å²) in [6, 6.07) is 7.99. The Labute approximate surface area is 148 Å². The fraction of sp³-hybridized carbons (Fsp3) is 0.294. The van der Waals surface area contributed by atoms with Crippen LogP contribution in [-0.2, 0) is 11.2 Å². The average Bonchev–Trinajstić information content (AvgIpc) is 3.30. The normalized spacial score (nSPS) is 12.1. The lowest BCUT2D eigenvalue weighted by Crippen LogP contribution is -2.13. The van der Waals surface area contributed by atoms with Gasteiger partial charge in [0.05, 0.1) is 11.3 Å². The van der Waals surface area contributed by atoms with Gasteiger partial charge in [-0.2, -0.15) is 4.98 Å². The van der Waals surface area contributed by atoms with Crippen LogP contribution >= 0.6 is 11.8 Å². The van der Waals surface area contributed by atoms with Gasteiger partial charge in [0, 0.05) is 22.5 Å². The molecule has 0 saturated heterocycles. The first-order valence-corrected chi connectivity index (χ1v) is 8.85. The molecule has 4 rings (SSSR count). The Morgan fingerprint density at radius 3 is 2.80 bits per heavy atom. The molecule has 0 unspecified atom stereocenters. The Bertz CT molecular complexity index is 1010. The van der Waals surface area contributed by atoms with Crippen LogP contribution in [0.3, 0.4) is 0 Å². The summed E-state index contributed by atoms with van der Waals surface area (Å²) in [6.07, 6.45) is 1.88. The van der Waals surface area contributed by atoms with Crippen LogP contribution < -0.4 is 0 Å². The summed E-state index contributed by atoms with van der Waals surface area (Å²) in [4.78, 5) is 7.60. The van der Waals surface area contributed by atoms with Crippen molar-refractivity contribution < 1.29 is 8.94 Å². The zero-order valence-corrected chi connectivity index (χ0v) is 14.9. The van der Waals surface area contributed by atoms with E-state index in [1.807, 2.05) is 51.2 Å². The maximum Gasteiger partial charge on any atom is 0.277 e. The van der Waals surface area contributed by atoms with Crippen molar-refractivity contribution in [3.05, 3.63) is 42.2 Å². The number of aromatic nitrogens is 5. The molecule has 128 valence electrons. The van der Waals surface area contributed by atoms with Crippen LogP contribution in [-0.4, -0.2) is 25.3 Å². The number of nitrogens with one attached hydrogen (secondary N) is 1. The van der Waals surface area contributed by atoms with Crippen LogP contribution in [0.25, 0.3) is 22.4 Å². The second-order valence-electron chi connectivity index (χ2n) is 6.67. The molecule has 0 bridgehead atoms. The van der Waals surface area contributed by atoms with Gasteiger partial charge < -0.3 is 13.9 Å². The molecular formula is C17H17N5O2S. The molecule has 0 aliphatic heterocycles. The van der Waals surface area contributed by atoms with Crippen molar-refractivity contribution in [2.75, 3.05) is 0 Å². The van der Waals surface area contributed by atoms with Gasteiger partial charge in [0.2, 0.25) is 5.89 Å². The third-order valence-electron chi connectivity index (χ3n) is 3.68. The van der Waals surface area contributed by atoms with E-state index in [1.54, 1.807) is 0 Å². The Morgan fingerprint density at radius 1 is 1.16 bits per heavy atom. The second kappa shape index (κ2) is 6.03. The number of benzene rings is 1. The zero-order chi connectivity index (χ0) is 17.4. The molecule has 0 aliphatic carbocycles. The van der Waals surface area contributed by atoms with E-state index in [1.165, 1.54) is 11.8 Å². The average molecular weight is 355 g/mol. The van der Waals surface area contributed by atoms with E-state index in [0.717, 1.165) is 16.5 Å². The molecule has 1 aromatic carbocycles. The minimum absolute atomic E-state index is 0.139. The van der Waals surface area contributed by atoms with Gasteiger partial charge in [-0.3, -0.25) is 0 Å². The SMILES string of the molecule is CC(C)(C)c1noc(CSc2nnc(-c3c[nH]c4ccccc34)o2)n1. The molecule has 1 N–H and O–H groups in total. The van der Waals surface area contributed by atoms with Gasteiger partial charge in [-0.1, -0.05) is 55.9 Å². The Morgan fingerprint density at radius 2 is 2.00 bits per heavy atom. The largest absolute Gasteiger partial charge is 0.411 e. The molecule has 4 aromatic rings. The van der Waals surface area contributed by atoms with Gasteiger partial charge >= 0.3 is 0 Å². The third kappa shape index (κ3) is 3.17. The molecule has 0 fully saturated rings. The first-order valence-electron chi connectivity index (χ1n) is 7.86. The minimum Gasteiger partial charge on any atom is -0.411 e. The number of H-pyrrole nitrogens is 1. The van der Waals surface area contributed by atoms with Crippen molar-refractivity contribution in [2.45, 2.75) is 37.2 Å². The predicted molar refractivity (Wildman–Crippen MR) is 94.1 cm³/mol. The standard InChI is InChI=1S/C17H17N5O2S/c1-17(2,3)15-19-13(24-22-15)9-25-16-21-20-14(23-16)11-8-18-12-7-5-4-6-10(11)12/h4-8,18H,9H2,1-3H3. The smallest absolute Gasteiger partial charge is 0.277 e. The summed E-state index contributed by atoms with van der Waals surface area (Å²) >= 11 is 1.37. The lowest BCUT2D eigenvalue weighted by Gasteiger charge is -2.10. The van der Waals surface area contributed by atoms with E-state index in [9.17, 15) is 0 Å². The van der Waals surface area contributed by atoms with Crippen molar-refractivity contribution in [3.8, 4) is 11.5 Å². The lowest BCUT2D eigenvalue weighted by atomic mass is 9.96. The first kappa shape index (κ1) is 15.9. The Balaban J connectivity index is 1.49. The second-order valence-corrected chi connectivity index (χ2v) is 7.60. The van der Waals surface area contributed by atoms with Crippen molar-refractivity contribution >= 4 is 22.7 Å².